The van der Waals surface area contributed by atoms with E-state index in [4.69, 9.17) is 12.2 Å². The minimum absolute atomic E-state index is 0.446. The van der Waals surface area contributed by atoms with Crippen molar-refractivity contribution < 1.29 is 8.78 Å². The monoisotopic (exact) mass is 330 g/mol. The first-order chi connectivity index (χ1) is 10.1. The molecule has 0 spiro atoms. The molecular weight excluding hydrogens is 310 g/mol. The number of alkyl halides is 2. The van der Waals surface area contributed by atoms with Gasteiger partial charge in [0.05, 0.1) is 0 Å². The zero-order valence-corrected chi connectivity index (χ0v) is 13.7. The molecule has 1 N–H and O–H groups in total. The average Bonchev–Trinajstić information content (AvgIpc) is 2.65. The number of likely N-dealkylation sites (tertiary alicyclic amines) is 1. The maximum atomic E-state index is 12.3. The van der Waals surface area contributed by atoms with Crippen LogP contribution >= 0.6 is 24.0 Å². The van der Waals surface area contributed by atoms with Gasteiger partial charge in [-0.25, -0.2) is 0 Å². The molecule has 0 bridgehead atoms. The van der Waals surface area contributed by atoms with Crippen molar-refractivity contribution in [2.24, 2.45) is 0 Å². The second kappa shape index (κ2) is 7.94. The fraction of sp³-hybridized carbons (Fsp3) is 0.533. The van der Waals surface area contributed by atoms with Gasteiger partial charge in [0.1, 0.15) is 0 Å². The van der Waals surface area contributed by atoms with Crippen molar-refractivity contribution in [2.45, 2.75) is 49.3 Å². The number of benzene rings is 1. The first-order valence-electron chi connectivity index (χ1n) is 7.19. The summed E-state index contributed by atoms with van der Waals surface area (Å²) < 4.78 is 24.6. The molecule has 1 saturated heterocycles. The van der Waals surface area contributed by atoms with Crippen molar-refractivity contribution in [1.29, 1.82) is 0 Å². The topological polar surface area (TPSA) is 15.3 Å². The summed E-state index contributed by atoms with van der Waals surface area (Å²) in [5, 5.41) is 3.93. The van der Waals surface area contributed by atoms with Crippen LogP contribution in [-0.2, 0) is 0 Å². The van der Waals surface area contributed by atoms with Crippen LogP contribution in [0.5, 0.6) is 0 Å². The lowest BCUT2D eigenvalue weighted by atomic mass is 10.1. The van der Waals surface area contributed by atoms with Crippen LogP contribution in [0.1, 0.15) is 32.6 Å². The number of nitrogens with zero attached hydrogens (tertiary/aromatic N) is 1. The van der Waals surface area contributed by atoms with Gasteiger partial charge >= 0.3 is 0 Å². The van der Waals surface area contributed by atoms with Crippen molar-refractivity contribution in [2.75, 3.05) is 11.9 Å². The van der Waals surface area contributed by atoms with E-state index in [-0.39, 0.29) is 0 Å². The first kappa shape index (κ1) is 16.5. The second-order valence-corrected chi connectivity index (χ2v) is 6.67. The summed E-state index contributed by atoms with van der Waals surface area (Å²) in [7, 11) is 0. The molecule has 0 saturated carbocycles. The fourth-order valence-corrected chi connectivity index (χ4v) is 3.38. The van der Waals surface area contributed by atoms with E-state index in [0.717, 1.165) is 30.2 Å². The minimum atomic E-state index is -2.39. The van der Waals surface area contributed by atoms with Gasteiger partial charge in [-0.15, -0.1) is 0 Å². The third-order valence-corrected chi connectivity index (χ3v) is 4.70. The predicted octanol–water partition coefficient (Wildman–Crippen LogP) is 4.96. The normalized spacial score (nSPS) is 19.4. The molecule has 2 nitrogen and oxygen atoms in total. The van der Waals surface area contributed by atoms with Crippen molar-refractivity contribution in [3.63, 3.8) is 0 Å². The van der Waals surface area contributed by atoms with Crippen molar-refractivity contribution in [3.8, 4) is 0 Å². The van der Waals surface area contributed by atoms with Gasteiger partial charge in [0, 0.05) is 23.2 Å². The van der Waals surface area contributed by atoms with E-state index in [1.807, 2.05) is 0 Å². The van der Waals surface area contributed by atoms with Gasteiger partial charge in [0.25, 0.3) is 5.76 Å². The Bertz CT molecular complexity index is 465. The third kappa shape index (κ3) is 5.11. The molecule has 0 aromatic heterocycles. The number of nitrogens with one attached hydrogen (secondary N) is 1. The van der Waals surface area contributed by atoms with Crippen LogP contribution in [0.4, 0.5) is 14.5 Å². The summed E-state index contributed by atoms with van der Waals surface area (Å²) >= 11 is 6.04. The molecule has 1 aliphatic rings. The predicted molar refractivity (Wildman–Crippen MR) is 89.2 cm³/mol. The van der Waals surface area contributed by atoms with Crippen LogP contribution in [0.25, 0.3) is 0 Å². The van der Waals surface area contributed by atoms with E-state index in [1.54, 1.807) is 24.3 Å². The van der Waals surface area contributed by atoms with Gasteiger partial charge < -0.3 is 10.2 Å². The summed E-state index contributed by atoms with van der Waals surface area (Å²) in [6, 6.07) is 7.40. The molecule has 1 unspecified atom stereocenters. The summed E-state index contributed by atoms with van der Waals surface area (Å²) in [6.07, 6.45) is 4.82. The van der Waals surface area contributed by atoms with Gasteiger partial charge in [-0.05, 0) is 56.2 Å². The Morgan fingerprint density at radius 1 is 1.29 bits per heavy atom. The van der Waals surface area contributed by atoms with Crippen molar-refractivity contribution >= 4 is 34.8 Å². The Labute approximate surface area is 134 Å². The summed E-state index contributed by atoms with van der Waals surface area (Å²) in [5.41, 5.74) is 0.843. The van der Waals surface area contributed by atoms with Gasteiger partial charge in [0.2, 0.25) is 0 Å². The van der Waals surface area contributed by atoms with E-state index in [1.165, 1.54) is 12.8 Å². The van der Waals surface area contributed by atoms with Crippen LogP contribution in [0.15, 0.2) is 29.2 Å². The fourth-order valence-electron chi connectivity index (χ4n) is 2.49. The lowest BCUT2D eigenvalue weighted by Crippen LogP contribution is -2.40. The zero-order valence-electron chi connectivity index (χ0n) is 12.0. The number of anilines is 1. The molecule has 21 heavy (non-hydrogen) atoms. The summed E-state index contributed by atoms with van der Waals surface area (Å²) in [4.78, 5) is 2.79. The highest BCUT2D eigenvalue weighted by Gasteiger charge is 2.19. The molecule has 0 aliphatic carbocycles. The second-order valence-electron chi connectivity index (χ2n) is 5.22. The maximum Gasteiger partial charge on any atom is 0.288 e. The summed E-state index contributed by atoms with van der Waals surface area (Å²) in [6.45, 7) is 3.17. The number of thiocarbonyl (C=S) groups is 1. The average molecular weight is 330 g/mol. The van der Waals surface area contributed by atoms with Gasteiger partial charge in [-0.2, -0.15) is 8.78 Å². The molecule has 1 atom stereocenters. The van der Waals surface area contributed by atoms with Gasteiger partial charge in [-0.1, -0.05) is 24.6 Å². The highest BCUT2D eigenvalue weighted by molar-refractivity contribution is 7.99. The Kier molecular flexibility index (Phi) is 6.23. The zero-order chi connectivity index (χ0) is 15.2. The Hall–Kier alpha value is -0.880. The Morgan fingerprint density at radius 3 is 2.67 bits per heavy atom. The molecule has 1 aliphatic heterocycles. The standard InChI is InChI=1S/C15H20F2N2S2/c1-11-5-3-2-4-10-19(11)15(20)18-12-6-8-13(9-7-12)21-14(16)17/h6-9,11,14H,2-5,10H2,1H3,(H,18,20). The molecule has 1 aromatic carbocycles. The molecule has 1 fully saturated rings. The van der Waals surface area contributed by atoms with E-state index in [9.17, 15) is 8.78 Å². The van der Waals surface area contributed by atoms with E-state index >= 15 is 0 Å². The SMILES string of the molecule is CC1CCCCCN1C(=S)Nc1ccc(SC(F)F)cc1. The highest BCUT2D eigenvalue weighted by Crippen LogP contribution is 2.26. The molecule has 6 heteroatoms. The van der Waals surface area contributed by atoms with E-state index in [0.29, 0.717) is 22.7 Å². The smallest absolute Gasteiger partial charge is 0.288 e. The minimum Gasteiger partial charge on any atom is -0.346 e. The molecule has 0 amide bonds. The van der Waals surface area contributed by atoms with E-state index in [2.05, 4.69) is 17.1 Å². The van der Waals surface area contributed by atoms with Crippen LogP contribution < -0.4 is 5.32 Å². The van der Waals surface area contributed by atoms with Crippen molar-refractivity contribution in [3.05, 3.63) is 24.3 Å². The summed E-state index contributed by atoms with van der Waals surface area (Å²) in [5.74, 6) is -2.39. The first-order valence-corrected chi connectivity index (χ1v) is 8.47. The molecule has 1 heterocycles. The lowest BCUT2D eigenvalue weighted by Gasteiger charge is -2.30. The number of thioether (sulfide) groups is 1. The van der Waals surface area contributed by atoms with Crippen LogP contribution in [0, 0.1) is 0 Å². The van der Waals surface area contributed by atoms with Gasteiger partial charge in [0.15, 0.2) is 5.11 Å². The number of hydrogen-bond acceptors (Lipinski definition) is 2. The van der Waals surface area contributed by atoms with Crippen molar-refractivity contribution in [1.82, 2.24) is 4.90 Å². The number of halogens is 2. The number of hydrogen-bond donors (Lipinski definition) is 1. The van der Waals surface area contributed by atoms with Crippen LogP contribution in [-0.4, -0.2) is 28.4 Å². The Morgan fingerprint density at radius 2 is 2.00 bits per heavy atom. The van der Waals surface area contributed by atoms with Crippen LogP contribution in [0.3, 0.4) is 0 Å². The molecule has 0 radical (unpaired) electrons. The van der Waals surface area contributed by atoms with Gasteiger partial charge in [-0.3, -0.25) is 0 Å². The van der Waals surface area contributed by atoms with E-state index < -0.39 is 5.76 Å². The molecule has 2 rings (SSSR count). The highest BCUT2D eigenvalue weighted by atomic mass is 32.2. The quantitative estimate of drug-likeness (QED) is 0.622. The largest absolute Gasteiger partial charge is 0.346 e. The molecule has 116 valence electrons. The lowest BCUT2D eigenvalue weighted by molar-refractivity contribution is 0.252. The molecular formula is C15H20F2N2S2. The maximum absolute atomic E-state index is 12.3. The Balaban J connectivity index is 1.95. The third-order valence-electron chi connectivity index (χ3n) is 3.64. The van der Waals surface area contributed by atoms with Crippen LogP contribution in [0.2, 0.25) is 0 Å². The molecule has 1 aromatic rings. The number of rotatable bonds is 3.